The lowest BCUT2D eigenvalue weighted by atomic mass is 10.1. The van der Waals surface area contributed by atoms with E-state index in [1.165, 1.54) is 28.4 Å². The quantitative estimate of drug-likeness (QED) is 0.762. The fraction of sp³-hybridized carbons (Fsp3) is 0.375. The SMILES string of the molecule is CCOC(=O)c1c(NC(=O)C(C)n2cc(C(=O)O)cn2)sc(C)c1C. The number of thiophene rings is 1. The number of carboxylic acids is 1. The number of carboxylic acid groups (broad SMARTS) is 1. The summed E-state index contributed by atoms with van der Waals surface area (Å²) in [6.45, 7) is 7.19. The Morgan fingerprint density at radius 3 is 2.64 bits per heavy atom. The molecule has 1 amide bonds. The maximum Gasteiger partial charge on any atom is 0.341 e. The summed E-state index contributed by atoms with van der Waals surface area (Å²) in [7, 11) is 0. The van der Waals surface area contributed by atoms with E-state index in [1.54, 1.807) is 20.8 Å². The van der Waals surface area contributed by atoms with Gasteiger partial charge in [0.05, 0.1) is 23.9 Å². The van der Waals surface area contributed by atoms with Gasteiger partial charge in [-0.2, -0.15) is 5.10 Å². The molecule has 0 bridgehead atoms. The molecule has 2 rings (SSSR count). The molecule has 2 aromatic rings. The molecule has 2 heterocycles. The topological polar surface area (TPSA) is 111 Å². The van der Waals surface area contributed by atoms with E-state index >= 15 is 0 Å². The van der Waals surface area contributed by atoms with Crippen molar-refractivity contribution in [2.24, 2.45) is 0 Å². The number of aromatic carboxylic acids is 1. The van der Waals surface area contributed by atoms with Crippen molar-refractivity contribution in [1.82, 2.24) is 9.78 Å². The zero-order valence-corrected chi connectivity index (χ0v) is 15.1. The van der Waals surface area contributed by atoms with Crippen molar-refractivity contribution in [1.29, 1.82) is 0 Å². The summed E-state index contributed by atoms with van der Waals surface area (Å²) in [5.74, 6) is -2.01. The Balaban J connectivity index is 2.23. The van der Waals surface area contributed by atoms with Crippen molar-refractivity contribution < 1.29 is 24.2 Å². The first-order valence-electron chi connectivity index (χ1n) is 7.61. The van der Waals surface area contributed by atoms with Crippen LogP contribution >= 0.6 is 11.3 Å². The van der Waals surface area contributed by atoms with Gasteiger partial charge in [-0.1, -0.05) is 0 Å². The molecule has 0 aliphatic heterocycles. The highest BCUT2D eigenvalue weighted by Crippen LogP contribution is 2.33. The van der Waals surface area contributed by atoms with Crippen LogP contribution in [0, 0.1) is 13.8 Å². The third-order valence-electron chi connectivity index (χ3n) is 3.73. The zero-order valence-electron chi connectivity index (χ0n) is 14.3. The summed E-state index contributed by atoms with van der Waals surface area (Å²) < 4.78 is 6.31. The van der Waals surface area contributed by atoms with Gasteiger partial charge in [-0.25, -0.2) is 9.59 Å². The summed E-state index contributed by atoms with van der Waals surface area (Å²) in [4.78, 5) is 36.4. The van der Waals surface area contributed by atoms with Crippen LogP contribution in [-0.2, 0) is 9.53 Å². The Morgan fingerprint density at radius 2 is 2.08 bits per heavy atom. The number of hydrogen-bond acceptors (Lipinski definition) is 6. The number of carbonyl (C=O) groups excluding carboxylic acids is 2. The number of nitrogens with zero attached hydrogens (tertiary/aromatic N) is 2. The van der Waals surface area contributed by atoms with E-state index in [4.69, 9.17) is 9.84 Å². The highest BCUT2D eigenvalue weighted by atomic mass is 32.1. The minimum atomic E-state index is -1.12. The maximum atomic E-state index is 12.5. The molecule has 9 heteroatoms. The van der Waals surface area contributed by atoms with E-state index in [-0.39, 0.29) is 12.2 Å². The minimum absolute atomic E-state index is 0.00493. The van der Waals surface area contributed by atoms with Crippen molar-refractivity contribution in [3.8, 4) is 0 Å². The van der Waals surface area contributed by atoms with Gasteiger partial charge in [-0.05, 0) is 33.3 Å². The van der Waals surface area contributed by atoms with Crippen LogP contribution in [0.3, 0.4) is 0 Å². The Kier molecular flexibility index (Phi) is 5.58. The van der Waals surface area contributed by atoms with Crippen LogP contribution in [-0.4, -0.2) is 39.3 Å². The average Bonchev–Trinajstić information content (AvgIpc) is 3.13. The number of ether oxygens (including phenoxy) is 1. The highest BCUT2D eigenvalue weighted by molar-refractivity contribution is 7.16. The number of carbonyl (C=O) groups is 3. The van der Waals surface area contributed by atoms with Crippen LogP contribution in [0.1, 0.15) is 51.0 Å². The number of aryl methyl sites for hydroxylation is 1. The first-order valence-corrected chi connectivity index (χ1v) is 8.43. The molecule has 2 aromatic heterocycles. The van der Waals surface area contributed by atoms with Crippen molar-refractivity contribution in [2.75, 3.05) is 11.9 Å². The van der Waals surface area contributed by atoms with Gasteiger partial charge in [0.25, 0.3) is 0 Å². The van der Waals surface area contributed by atoms with E-state index in [1.807, 2.05) is 6.92 Å². The minimum Gasteiger partial charge on any atom is -0.478 e. The van der Waals surface area contributed by atoms with Crippen molar-refractivity contribution in [3.05, 3.63) is 34.0 Å². The highest BCUT2D eigenvalue weighted by Gasteiger charge is 2.24. The molecule has 0 aromatic carbocycles. The lowest BCUT2D eigenvalue weighted by Crippen LogP contribution is -2.24. The number of amides is 1. The van der Waals surface area contributed by atoms with Gasteiger partial charge in [0, 0.05) is 11.1 Å². The maximum absolute atomic E-state index is 12.5. The summed E-state index contributed by atoms with van der Waals surface area (Å²) in [6.07, 6.45) is 2.46. The number of aromatic nitrogens is 2. The number of rotatable bonds is 6. The van der Waals surface area contributed by atoms with Gasteiger partial charge in [0.2, 0.25) is 5.91 Å². The van der Waals surface area contributed by atoms with Gasteiger partial charge in [0.15, 0.2) is 0 Å². The van der Waals surface area contributed by atoms with Gasteiger partial charge < -0.3 is 15.2 Å². The zero-order chi connectivity index (χ0) is 18.7. The summed E-state index contributed by atoms with van der Waals surface area (Å²) in [5.41, 5.74) is 1.10. The fourth-order valence-electron chi connectivity index (χ4n) is 2.16. The summed E-state index contributed by atoms with van der Waals surface area (Å²) in [5, 5.41) is 16.0. The number of nitrogens with one attached hydrogen (secondary N) is 1. The second-order valence-electron chi connectivity index (χ2n) is 5.39. The number of anilines is 1. The molecule has 0 radical (unpaired) electrons. The van der Waals surface area contributed by atoms with Gasteiger partial charge >= 0.3 is 11.9 Å². The first-order chi connectivity index (χ1) is 11.8. The van der Waals surface area contributed by atoms with Crippen LogP contribution in [0.25, 0.3) is 0 Å². The smallest absolute Gasteiger partial charge is 0.341 e. The average molecular weight is 365 g/mol. The van der Waals surface area contributed by atoms with Crippen molar-refractivity contribution in [2.45, 2.75) is 33.7 Å². The van der Waals surface area contributed by atoms with Crippen LogP contribution in [0.4, 0.5) is 5.00 Å². The molecule has 0 saturated carbocycles. The Morgan fingerprint density at radius 1 is 1.40 bits per heavy atom. The Bertz CT molecular complexity index is 824. The molecule has 0 aliphatic rings. The molecule has 134 valence electrons. The molecule has 0 spiro atoms. The molecule has 0 fully saturated rings. The van der Waals surface area contributed by atoms with E-state index in [2.05, 4.69) is 10.4 Å². The molecule has 0 saturated heterocycles. The first kappa shape index (κ1) is 18.7. The van der Waals surface area contributed by atoms with Gasteiger partial charge in [-0.15, -0.1) is 11.3 Å². The van der Waals surface area contributed by atoms with E-state index in [0.717, 1.165) is 10.4 Å². The molecule has 1 unspecified atom stereocenters. The van der Waals surface area contributed by atoms with E-state index in [9.17, 15) is 14.4 Å². The second-order valence-corrected chi connectivity index (χ2v) is 6.61. The standard InChI is InChI=1S/C16H19N3O5S/c1-5-24-16(23)12-8(2)10(4)25-14(12)18-13(20)9(3)19-7-11(6-17-19)15(21)22/h6-7,9H,5H2,1-4H3,(H,18,20)(H,21,22). The molecule has 8 nitrogen and oxygen atoms in total. The molecule has 25 heavy (non-hydrogen) atoms. The number of esters is 1. The lowest BCUT2D eigenvalue weighted by molar-refractivity contribution is -0.119. The molecule has 1 atom stereocenters. The van der Waals surface area contributed by atoms with Crippen molar-refractivity contribution >= 4 is 34.2 Å². The van der Waals surface area contributed by atoms with E-state index in [0.29, 0.717) is 10.6 Å². The molecule has 0 aliphatic carbocycles. The van der Waals surface area contributed by atoms with Gasteiger partial charge in [0.1, 0.15) is 11.0 Å². The number of hydrogen-bond donors (Lipinski definition) is 2. The predicted octanol–water partition coefficient (Wildman–Crippen LogP) is 2.64. The Labute approximate surface area is 148 Å². The summed E-state index contributed by atoms with van der Waals surface area (Å²) in [6, 6.07) is -0.745. The monoisotopic (exact) mass is 365 g/mol. The van der Waals surface area contributed by atoms with Crippen molar-refractivity contribution in [3.63, 3.8) is 0 Å². The molecule has 2 N–H and O–H groups in total. The van der Waals surface area contributed by atoms with Crippen LogP contribution in [0.2, 0.25) is 0 Å². The third-order valence-corrected chi connectivity index (χ3v) is 4.85. The van der Waals surface area contributed by atoms with Crippen LogP contribution in [0.15, 0.2) is 12.4 Å². The van der Waals surface area contributed by atoms with Crippen LogP contribution in [0.5, 0.6) is 0 Å². The largest absolute Gasteiger partial charge is 0.478 e. The van der Waals surface area contributed by atoms with Gasteiger partial charge in [-0.3, -0.25) is 9.48 Å². The molecular weight excluding hydrogens is 346 g/mol. The van der Waals surface area contributed by atoms with E-state index < -0.39 is 23.9 Å². The lowest BCUT2D eigenvalue weighted by Gasteiger charge is -2.13. The second kappa shape index (κ2) is 7.47. The van der Waals surface area contributed by atoms with Crippen LogP contribution < -0.4 is 5.32 Å². The third kappa shape index (κ3) is 3.87. The summed E-state index contributed by atoms with van der Waals surface area (Å²) >= 11 is 1.29. The fourth-order valence-corrected chi connectivity index (χ4v) is 3.21. The predicted molar refractivity (Wildman–Crippen MR) is 92.3 cm³/mol. The molecular formula is C16H19N3O5S. The Hall–Kier alpha value is -2.68. The normalized spacial score (nSPS) is 11.8.